The van der Waals surface area contributed by atoms with E-state index in [-0.39, 0.29) is 11.4 Å². The maximum atomic E-state index is 11.9. The van der Waals surface area contributed by atoms with E-state index in [1.54, 1.807) is 25.1 Å². The van der Waals surface area contributed by atoms with Crippen molar-refractivity contribution in [3.8, 4) is 0 Å². The number of hydrogen-bond acceptors (Lipinski definition) is 4. The number of hydrogen-bond donors (Lipinski definition) is 4. The van der Waals surface area contributed by atoms with E-state index < -0.39 is 17.7 Å². The molecule has 0 radical (unpaired) electrons. The third-order valence-electron chi connectivity index (χ3n) is 2.61. The minimum atomic E-state index is -0.734. The molecular formula is C12H16N4O3. The molecule has 0 bridgehead atoms. The highest BCUT2D eigenvalue weighted by Gasteiger charge is 2.21. The monoisotopic (exact) mass is 264 g/mol. The fraction of sp³-hybridized carbons (Fsp3) is 0.250. The number of nitrogens with zero attached hydrogens (tertiary/aromatic N) is 1. The molecule has 1 atom stereocenters. The highest BCUT2D eigenvalue weighted by molar-refractivity contribution is 6.08. The molecule has 1 unspecified atom stereocenters. The second kappa shape index (κ2) is 6.39. The van der Waals surface area contributed by atoms with Crippen molar-refractivity contribution in [2.24, 2.45) is 22.5 Å². The first kappa shape index (κ1) is 14.5. The van der Waals surface area contributed by atoms with Crippen LogP contribution in [0.2, 0.25) is 0 Å². The zero-order valence-corrected chi connectivity index (χ0v) is 10.5. The number of carbonyl (C=O) groups excluding carboxylic acids is 2. The van der Waals surface area contributed by atoms with Gasteiger partial charge in [0.25, 0.3) is 0 Å². The number of carbonyl (C=O) groups is 2. The van der Waals surface area contributed by atoms with Crippen LogP contribution in [0.3, 0.4) is 0 Å². The number of amidine groups is 1. The average Bonchev–Trinajstić information content (AvgIpc) is 2.39. The van der Waals surface area contributed by atoms with Gasteiger partial charge in [0.15, 0.2) is 5.84 Å². The maximum Gasteiger partial charge on any atom is 0.248 e. The van der Waals surface area contributed by atoms with Crippen LogP contribution in [-0.4, -0.2) is 22.9 Å². The van der Waals surface area contributed by atoms with E-state index in [1.165, 1.54) is 6.07 Å². The van der Waals surface area contributed by atoms with Gasteiger partial charge in [-0.3, -0.25) is 9.59 Å². The smallest absolute Gasteiger partial charge is 0.248 e. The summed E-state index contributed by atoms with van der Waals surface area (Å²) >= 11 is 0. The van der Waals surface area contributed by atoms with E-state index in [1.807, 2.05) is 0 Å². The summed E-state index contributed by atoms with van der Waals surface area (Å²) in [5.74, 6) is -1.90. The summed E-state index contributed by atoms with van der Waals surface area (Å²) in [6.45, 7) is 1.74. The highest BCUT2D eigenvalue weighted by atomic mass is 16.4. The molecule has 19 heavy (non-hydrogen) atoms. The number of primary amides is 1. The normalized spacial score (nSPS) is 12.8. The van der Waals surface area contributed by atoms with Gasteiger partial charge in [0.2, 0.25) is 11.8 Å². The molecule has 1 aromatic rings. The Hall–Kier alpha value is -2.57. The maximum absolute atomic E-state index is 11.9. The predicted molar refractivity (Wildman–Crippen MR) is 70.8 cm³/mol. The van der Waals surface area contributed by atoms with Crippen LogP contribution in [0.5, 0.6) is 0 Å². The summed E-state index contributed by atoms with van der Waals surface area (Å²) in [4.78, 5) is 22.9. The Morgan fingerprint density at radius 3 is 2.63 bits per heavy atom. The molecule has 6 N–H and O–H groups in total. The van der Waals surface area contributed by atoms with Crippen LogP contribution in [0, 0.1) is 5.92 Å². The van der Waals surface area contributed by atoms with Crippen molar-refractivity contribution in [3.05, 3.63) is 29.8 Å². The molecule has 0 saturated carbocycles. The molecule has 0 aliphatic rings. The summed E-state index contributed by atoms with van der Waals surface area (Å²) < 4.78 is 0. The number of nitrogens with two attached hydrogens (primary N) is 2. The topological polar surface area (TPSA) is 131 Å². The standard InChI is InChI=1S/C12H16N4O3/c1-2-9(10(13)16-19)12(18)15-8-5-3-4-7(6-8)11(14)17/h3-6,9,19H,2H2,1H3,(H2,13,16)(H2,14,17)(H,15,18). The van der Waals surface area contributed by atoms with E-state index >= 15 is 0 Å². The number of nitrogens with one attached hydrogen (secondary N) is 1. The van der Waals surface area contributed by atoms with Gasteiger partial charge >= 0.3 is 0 Å². The molecule has 0 spiro atoms. The van der Waals surface area contributed by atoms with E-state index in [2.05, 4.69) is 10.5 Å². The highest BCUT2D eigenvalue weighted by Crippen LogP contribution is 2.13. The first-order valence-electron chi connectivity index (χ1n) is 5.67. The molecule has 102 valence electrons. The lowest BCUT2D eigenvalue weighted by Crippen LogP contribution is -2.34. The Balaban J connectivity index is 2.87. The summed E-state index contributed by atoms with van der Waals surface area (Å²) in [6.07, 6.45) is 0.386. The van der Waals surface area contributed by atoms with Crippen molar-refractivity contribution in [1.29, 1.82) is 0 Å². The first-order chi connectivity index (χ1) is 8.99. The lowest BCUT2D eigenvalue weighted by molar-refractivity contribution is -0.118. The van der Waals surface area contributed by atoms with E-state index in [4.69, 9.17) is 16.7 Å². The van der Waals surface area contributed by atoms with Crippen LogP contribution in [0.4, 0.5) is 5.69 Å². The zero-order chi connectivity index (χ0) is 14.4. The Morgan fingerprint density at radius 2 is 2.11 bits per heavy atom. The van der Waals surface area contributed by atoms with Gasteiger partial charge in [-0.1, -0.05) is 18.1 Å². The minimum Gasteiger partial charge on any atom is -0.409 e. The van der Waals surface area contributed by atoms with E-state index in [9.17, 15) is 9.59 Å². The number of benzene rings is 1. The number of amides is 2. The molecule has 0 aliphatic heterocycles. The van der Waals surface area contributed by atoms with Gasteiger partial charge in [0.1, 0.15) is 0 Å². The van der Waals surface area contributed by atoms with Gasteiger partial charge in [-0.15, -0.1) is 0 Å². The van der Waals surface area contributed by atoms with Gasteiger partial charge in [-0.2, -0.15) is 0 Å². The molecule has 1 aromatic carbocycles. The average molecular weight is 264 g/mol. The van der Waals surface area contributed by atoms with Crippen molar-refractivity contribution in [2.45, 2.75) is 13.3 Å². The van der Waals surface area contributed by atoms with Gasteiger partial charge in [0.05, 0.1) is 5.92 Å². The summed E-state index contributed by atoms with van der Waals surface area (Å²) in [7, 11) is 0. The summed E-state index contributed by atoms with van der Waals surface area (Å²) in [6, 6.07) is 6.21. The van der Waals surface area contributed by atoms with Crippen molar-refractivity contribution < 1.29 is 14.8 Å². The zero-order valence-electron chi connectivity index (χ0n) is 10.5. The summed E-state index contributed by atoms with van der Waals surface area (Å²) in [5.41, 5.74) is 11.3. The van der Waals surface area contributed by atoms with Crippen molar-refractivity contribution in [2.75, 3.05) is 5.32 Å². The Bertz CT molecular complexity index is 513. The minimum absolute atomic E-state index is 0.161. The van der Waals surface area contributed by atoms with Crippen LogP contribution >= 0.6 is 0 Å². The van der Waals surface area contributed by atoms with Crippen molar-refractivity contribution in [3.63, 3.8) is 0 Å². The van der Waals surface area contributed by atoms with Gasteiger partial charge in [-0.05, 0) is 24.6 Å². The molecule has 0 heterocycles. The molecule has 0 aliphatic carbocycles. The van der Waals surface area contributed by atoms with Gasteiger partial charge in [0, 0.05) is 11.3 Å². The number of rotatable bonds is 5. The van der Waals surface area contributed by atoms with E-state index in [0.717, 1.165) is 0 Å². The molecular weight excluding hydrogens is 248 g/mol. The second-order valence-electron chi connectivity index (χ2n) is 3.92. The van der Waals surface area contributed by atoms with Gasteiger partial charge in [-0.25, -0.2) is 0 Å². The van der Waals surface area contributed by atoms with Crippen LogP contribution in [0.1, 0.15) is 23.7 Å². The lowest BCUT2D eigenvalue weighted by atomic mass is 10.0. The molecule has 7 heteroatoms. The fourth-order valence-electron chi connectivity index (χ4n) is 1.58. The molecule has 0 fully saturated rings. The van der Waals surface area contributed by atoms with Crippen molar-refractivity contribution >= 4 is 23.3 Å². The number of anilines is 1. The van der Waals surface area contributed by atoms with E-state index in [0.29, 0.717) is 12.1 Å². The van der Waals surface area contributed by atoms with Crippen LogP contribution < -0.4 is 16.8 Å². The van der Waals surface area contributed by atoms with Gasteiger partial charge < -0.3 is 22.0 Å². The van der Waals surface area contributed by atoms with Crippen LogP contribution in [-0.2, 0) is 4.79 Å². The van der Waals surface area contributed by atoms with Crippen LogP contribution in [0.15, 0.2) is 29.4 Å². The molecule has 0 saturated heterocycles. The quantitative estimate of drug-likeness (QED) is 0.267. The molecule has 7 nitrogen and oxygen atoms in total. The molecule has 2 amide bonds. The SMILES string of the molecule is CCC(C(=O)Nc1cccc(C(N)=O)c1)/C(N)=N/O. The molecule has 1 rings (SSSR count). The predicted octanol–water partition coefficient (Wildman–Crippen LogP) is 0.497. The largest absolute Gasteiger partial charge is 0.409 e. The molecule has 0 aromatic heterocycles. The summed E-state index contributed by atoms with van der Waals surface area (Å²) in [5, 5.41) is 14.0. The Kier molecular flexibility index (Phi) is 4.87. The van der Waals surface area contributed by atoms with Crippen LogP contribution in [0.25, 0.3) is 0 Å². The third-order valence-corrected chi connectivity index (χ3v) is 2.61. The Morgan fingerprint density at radius 1 is 1.42 bits per heavy atom. The number of oxime groups is 1. The first-order valence-corrected chi connectivity index (χ1v) is 5.67. The second-order valence-corrected chi connectivity index (χ2v) is 3.92. The third kappa shape index (κ3) is 3.70. The fourth-order valence-corrected chi connectivity index (χ4v) is 1.58. The lowest BCUT2D eigenvalue weighted by Gasteiger charge is -2.13. The van der Waals surface area contributed by atoms with Crippen molar-refractivity contribution in [1.82, 2.24) is 0 Å². The Labute approximate surface area is 110 Å².